The molecule has 0 atom stereocenters. The highest BCUT2D eigenvalue weighted by Gasteiger charge is 2.33. The SMILES string of the molecule is O=C(Cc1ccccc1C(F)(F)F)c1cc2cccnc2n(-c2ccccc2)c1=O. The number of hydrogen-bond donors (Lipinski definition) is 0. The van der Waals surface area contributed by atoms with Gasteiger partial charge in [-0.05, 0) is 42.0 Å². The molecule has 4 aromatic rings. The Hall–Kier alpha value is -3.74. The van der Waals surface area contributed by atoms with E-state index in [0.717, 1.165) is 6.07 Å². The van der Waals surface area contributed by atoms with Crippen molar-refractivity contribution in [3.05, 3.63) is 106 Å². The van der Waals surface area contributed by atoms with Crippen molar-refractivity contribution in [2.75, 3.05) is 0 Å². The van der Waals surface area contributed by atoms with E-state index in [4.69, 9.17) is 0 Å². The molecule has 0 unspecified atom stereocenters. The average Bonchev–Trinajstić information content (AvgIpc) is 2.73. The summed E-state index contributed by atoms with van der Waals surface area (Å²) >= 11 is 0. The molecule has 0 saturated carbocycles. The highest BCUT2D eigenvalue weighted by atomic mass is 19.4. The third-order valence-corrected chi connectivity index (χ3v) is 4.75. The Morgan fingerprint density at radius 2 is 1.63 bits per heavy atom. The van der Waals surface area contributed by atoms with E-state index in [1.54, 1.807) is 42.5 Å². The minimum atomic E-state index is -4.59. The Morgan fingerprint density at radius 3 is 2.37 bits per heavy atom. The number of para-hydroxylation sites is 1. The van der Waals surface area contributed by atoms with E-state index in [1.807, 2.05) is 0 Å². The first-order chi connectivity index (χ1) is 14.4. The van der Waals surface area contributed by atoms with Crippen molar-refractivity contribution >= 4 is 16.8 Å². The number of fused-ring (bicyclic) bond motifs is 1. The predicted molar refractivity (Wildman–Crippen MR) is 107 cm³/mol. The highest BCUT2D eigenvalue weighted by Crippen LogP contribution is 2.32. The molecule has 0 radical (unpaired) electrons. The lowest BCUT2D eigenvalue weighted by atomic mass is 9.98. The van der Waals surface area contributed by atoms with Crippen molar-refractivity contribution in [3.63, 3.8) is 0 Å². The average molecular weight is 408 g/mol. The third-order valence-electron chi connectivity index (χ3n) is 4.75. The van der Waals surface area contributed by atoms with Crippen LogP contribution in [0.5, 0.6) is 0 Å². The molecule has 2 aromatic heterocycles. The van der Waals surface area contributed by atoms with Gasteiger partial charge in [0.25, 0.3) is 5.56 Å². The number of aromatic nitrogens is 2. The molecule has 0 fully saturated rings. The Bertz CT molecular complexity index is 1300. The second-order valence-corrected chi connectivity index (χ2v) is 6.71. The van der Waals surface area contributed by atoms with Crippen LogP contribution in [-0.4, -0.2) is 15.3 Å². The molecule has 2 aromatic carbocycles. The van der Waals surface area contributed by atoms with Crippen LogP contribution in [0, 0.1) is 0 Å². The van der Waals surface area contributed by atoms with Crippen molar-refractivity contribution in [2.24, 2.45) is 0 Å². The van der Waals surface area contributed by atoms with Gasteiger partial charge in [0.1, 0.15) is 5.65 Å². The fourth-order valence-electron chi connectivity index (χ4n) is 3.38. The zero-order valence-corrected chi connectivity index (χ0v) is 15.6. The van der Waals surface area contributed by atoms with E-state index in [-0.39, 0.29) is 11.1 Å². The van der Waals surface area contributed by atoms with Crippen LogP contribution >= 0.6 is 0 Å². The van der Waals surface area contributed by atoms with Crippen molar-refractivity contribution in [1.29, 1.82) is 0 Å². The Labute approximate surface area is 169 Å². The topological polar surface area (TPSA) is 52.0 Å². The second kappa shape index (κ2) is 7.59. The van der Waals surface area contributed by atoms with Crippen LogP contribution < -0.4 is 5.56 Å². The van der Waals surface area contributed by atoms with Crippen LogP contribution in [-0.2, 0) is 12.6 Å². The number of carbonyl (C=O) groups excluding carboxylic acids is 1. The number of pyridine rings is 2. The maximum absolute atomic E-state index is 13.3. The molecule has 0 aliphatic carbocycles. The summed E-state index contributed by atoms with van der Waals surface area (Å²) in [6.07, 6.45) is -3.60. The van der Waals surface area contributed by atoms with Gasteiger partial charge in [-0.1, -0.05) is 36.4 Å². The molecule has 0 amide bonds. The number of halogens is 3. The number of nitrogens with zero attached hydrogens (tertiary/aromatic N) is 2. The van der Waals surface area contributed by atoms with Crippen molar-refractivity contribution in [1.82, 2.24) is 9.55 Å². The zero-order valence-electron chi connectivity index (χ0n) is 15.6. The van der Waals surface area contributed by atoms with Crippen LogP contribution in [0.1, 0.15) is 21.5 Å². The van der Waals surface area contributed by atoms with E-state index >= 15 is 0 Å². The Balaban J connectivity index is 1.86. The van der Waals surface area contributed by atoms with Crippen LogP contribution in [0.3, 0.4) is 0 Å². The summed E-state index contributed by atoms with van der Waals surface area (Å²) in [5.41, 5.74) is -0.994. The summed E-state index contributed by atoms with van der Waals surface area (Å²) in [4.78, 5) is 30.4. The van der Waals surface area contributed by atoms with Gasteiger partial charge in [-0.3, -0.25) is 14.2 Å². The summed E-state index contributed by atoms with van der Waals surface area (Å²) in [6, 6.07) is 18.3. The summed E-state index contributed by atoms with van der Waals surface area (Å²) < 4.78 is 41.2. The molecule has 7 heteroatoms. The number of ketones is 1. The number of carbonyl (C=O) groups is 1. The zero-order chi connectivity index (χ0) is 21.3. The Kier molecular flexibility index (Phi) is 4.95. The number of hydrogen-bond acceptors (Lipinski definition) is 3. The van der Waals surface area contributed by atoms with Crippen molar-refractivity contribution in [2.45, 2.75) is 12.6 Å². The van der Waals surface area contributed by atoms with Gasteiger partial charge >= 0.3 is 6.18 Å². The quantitative estimate of drug-likeness (QED) is 0.455. The van der Waals surface area contributed by atoms with Crippen LogP contribution in [0.4, 0.5) is 13.2 Å². The monoisotopic (exact) mass is 408 g/mol. The minimum absolute atomic E-state index is 0.174. The van der Waals surface area contributed by atoms with E-state index in [1.165, 1.54) is 35.0 Å². The molecule has 30 heavy (non-hydrogen) atoms. The van der Waals surface area contributed by atoms with Crippen molar-refractivity contribution < 1.29 is 18.0 Å². The van der Waals surface area contributed by atoms with Crippen LogP contribution in [0.15, 0.2) is 83.8 Å². The predicted octanol–water partition coefficient (Wildman–Crippen LogP) is 4.83. The molecule has 0 saturated heterocycles. The van der Waals surface area contributed by atoms with Gasteiger partial charge in [0.15, 0.2) is 5.78 Å². The first-order valence-corrected chi connectivity index (χ1v) is 9.11. The molecule has 2 heterocycles. The van der Waals surface area contributed by atoms with Gasteiger partial charge in [-0.15, -0.1) is 0 Å². The molecule has 0 bridgehead atoms. The molecule has 0 spiro atoms. The first-order valence-electron chi connectivity index (χ1n) is 9.11. The third kappa shape index (κ3) is 3.61. The van der Waals surface area contributed by atoms with E-state index in [2.05, 4.69) is 4.98 Å². The molecule has 4 nitrogen and oxygen atoms in total. The minimum Gasteiger partial charge on any atom is -0.294 e. The van der Waals surface area contributed by atoms with Gasteiger partial charge in [0.05, 0.1) is 16.8 Å². The van der Waals surface area contributed by atoms with Gasteiger partial charge in [0, 0.05) is 18.0 Å². The lowest BCUT2D eigenvalue weighted by Gasteiger charge is -2.14. The standard InChI is InChI=1S/C23H15F3N2O2/c24-23(25,26)19-11-5-4-7-15(19)14-20(29)18-13-16-8-6-12-27-21(16)28(22(18)30)17-9-2-1-3-10-17/h1-13H,14H2. The lowest BCUT2D eigenvalue weighted by molar-refractivity contribution is -0.138. The summed E-state index contributed by atoms with van der Waals surface area (Å²) in [7, 11) is 0. The second-order valence-electron chi connectivity index (χ2n) is 6.71. The first kappa shape index (κ1) is 19.6. The molecule has 4 rings (SSSR count). The van der Waals surface area contributed by atoms with Crippen LogP contribution in [0.25, 0.3) is 16.7 Å². The molecule has 0 aliphatic rings. The lowest BCUT2D eigenvalue weighted by Crippen LogP contribution is -2.27. The van der Waals surface area contributed by atoms with Gasteiger partial charge in [-0.2, -0.15) is 13.2 Å². The molecular formula is C23H15F3N2O2. The molecule has 0 N–H and O–H groups in total. The van der Waals surface area contributed by atoms with E-state index in [0.29, 0.717) is 16.7 Å². The summed E-state index contributed by atoms with van der Waals surface area (Å²) in [5.74, 6) is -0.688. The summed E-state index contributed by atoms with van der Waals surface area (Å²) in [5, 5.41) is 0.536. The van der Waals surface area contributed by atoms with E-state index in [9.17, 15) is 22.8 Å². The molecule has 150 valence electrons. The fourth-order valence-corrected chi connectivity index (χ4v) is 3.38. The van der Waals surface area contributed by atoms with Gasteiger partial charge < -0.3 is 0 Å². The number of benzene rings is 2. The van der Waals surface area contributed by atoms with Gasteiger partial charge in [-0.25, -0.2) is 4.98 Å². The maximum Gasteiger partial charge on any atom is 0.416 e. The van der Waals surface area contributed by atoms with Crippen molar-refractivity contribution in [3.8, 4) is 5.69 Å². The van der Waals surface area contributed by atoms with Crippen LogP contribution in [0.2, 0.25) is 0 Å². The number of alkyl halides is 3. The number of rotatable bonds is 4. The Morgan fingerprint density at radius 1 is 0.933 bits per heavy atom. The van der Waals surface area contributed by atoms with E-state index < -0.39 is 29.5 Å². The van der Waals surface area contributed by atoms with Gasteiger partial charge in [0.2, 0.25) is 0 Å². The fraction of sp³-hybridized carbons (Fsp3) is 0.0870. The molecular weight excluding hydrogens is 393 g/mol. The smallest absolute Gasteiger partial charge is 0.294 e. The maximum atomic E-state index is 13.3. The summed E-state index contributed by atoms with van der Waals surface area (Å²) in [6.45, 7) is 0. The molecule has 0 aliphatic heterocycles. The largest absolute Gasteiger partial charge is 0.416 e. The highest BCUT2D eigenvalue weighted by molar-refractivity contribution is 6.00. The normalized spacial score (nSPS) is 11.6. The number of Topliss-reactive ketones (excluding diaryl/α,β-unsaturated/α-hetero) is 1.